The molecule has 0 aliphatic heterocycles. The van der Waals surface area contributed by atoms with E-state index in [0.717, 1.165) is 42.0 Å². The number of carbonyl (C=O) groups is 2. The van der Waals surface area contributed by atoms with Gasteiger partial charge in [0.2, 0.25) is 5.91 Å². The number of benzene rings is 1. The molecule has 4 nitrogen and oxygen atoms in total. The zero-order chi connectivity index (χ0) is 20.6. The first-order chi connectivity index (χ1) is 13.7. The molecule has 4 aliphatic carbocycles. The average molecular weight is 408 g/mol. The van der Waals surface area contributed by atoms with E-state index in [-0.39, 0.29) is 23.4 Å². The van der Waals surface area contributed by atoms with Crippen molar-refractivity contribution in [2.45, 2.75) is 51.1 Å². The highest BCUT2D eigenvalue weighted by atomic mass is 19.4. The summed E-state index contributed by atoms with van der Waals surface area (Å²) >= 11 is 0. The molecule has 4 aliphatic rings. The molecule has 0 heterocycles. The molecule has 0 spiro atoms. The van der Waals surface area contributed by atoms with Crippen LogP contribution in [0.1, 0.15) is 60.9 Å². The van der Waals surface area contributed by atoms with Gasteiger partial charge in [0, 0.05) is 25.1 Å². The van der Waals surface area contributed by atoms with E-state index in [9.17, 15) is 22.8 Å². The first kappa shape index (κ1) is 20.2. The Hall–Kier alpha value is -2.05. The molecule has 4 saturated carbocycles. The lowest BCUT2D eigenvalue weighted by Crippen LogP contribution is -2.48. The second-order valence-electron chi connectivity index (χ2n) is 9.28. The third-order valence-corrected chi connectivity index (χ3v) is 6.91. The van der Waals surface area contributed by atoms with E-state index in [4.69, 9.17) is 0 Å². The van der Waals surface area contributed by atoms with Gasteiger partial charge < -0.3 is 10.6 Å². The van der Waals surface area contributed by atoms with E-state index < -0.39 is 17.6 Å². The summed E-state index contributed by atoms with van der Waals surface area (Å²) in [5.41, 5.74) is -0.439. The van der Waals surface area contributed by atoms with Crippen LogP contribution in [0.2, 0.25) is 0 Å². The summed E-state index contributed by atoms with van der Waals surface area (Å²) in [6.07, 6.45) is 3.72. The second kappa shape index (κ2) is 7.65. The highest BCUT2D eigenvalue weighted by molar-refractivity contribution is 5.94. The normalized spacial score (nSPS) is 30.2. The quantitative estimate of drug-likeness (QED) is 0.695. The van der Waals surface area contributed by atoms with Crippen molar-refractivity contribution in [3.05, 3.63) is 35.4 Å². The van der Waals surface area contributed by atoms with E-state index in [1.165, 1.54) is 38.5 Å². The summed E-state index contributed by atoms with van der Waals surface area (Å²) in [4.78, 5) is 24.5. The van der Waals surface area contributed by atoms with Gasteiger partial charge in [-0.25, -0.2) is 0 Å². The summed E-state index contributed by atoms with van der Waals surface area (Å²) in [5, 5.41) is 5.53. The molecule has 0 atom stereocenters. The summed E-state index contributed by atoms with van der Waals surface area (Å²) in [6, 6.07) is 4.10. The van der Waals surface area contributed by atoms with E-state index in [2.05, 4.69) is 10.6 Å². The highest BCUT2D eigenvalue weighted by Gasteiger charge is 2.51. The van der Waals surface area contributed by atoms with Crippen LogP contribution in [0, 0.1) is 23.2 Å². The first-order valence-corrected chi connectivity index (χ1v) is 10.4. The van der Waals surface area contributed by atoms with Crippen molar-refractivity contribution in [2.75, 3.05) is 13.1 Å². The smallest absolute Gasteiger partial charge is 0.354 e. The van der Waals surface area contributed by atoms with Crippen LogP contribution >= 0.6 is 0 Å². The van der Waals surface area contributed by atoms with E-state index >= 15 is 0 Å². The van der Waals surface area contributed by atoms with Crippen molar-refractivity contribution in [3.63, 3.8) is 0 Å². The Morgan fingerprint density at radius 3 is 1.93 bits per heavy atom. The van der Waals surface area contributed by atoms with Crippen LogP contribution in [-0.2, 0) is 11.0 Å². The molecule has 29 heavy (non-hydrogen) atoms. The predicted octanol–water partition coefficient (Wildman–Crippen LogP) is 4.16. The van der Waals surface area contributed by atoms with Crippen LogP contribution in [-0.4, -0.2) is 24.9 Å². The van der Waals surface area contributed by atoms with Crippen molar-refractivity contribution in [2.24, 2.45) is 23.2 Å². The molecule has 0 aromatic heterocycles. The van der Waals surface area contributed by atoms with Gasteiger partial charge in [-0.3, -0.25) is 9.59 Å². The van der Waals surface area contributed by atoms with Crippen LogP contribution in [0.4, 0.5) is 13.2 Å². The van der Waals surface area contributed by atoms with Crippen LogP contribution in [0.15, 0.2) is 24.3 Å². The van der Waals surface area contributed by atoms with Crippen molar-refractivity contribution in [3.8, 4) is 0 Å². The van der Waals surface area contributed by atoms with E-state index in [1.807, 2.05) is 0 Å². The average Bonchev–Trinajstić information content (AvgIpc) is 2.63. The highest BCUT2D eigenvalue weighted by Crippen LogP contribution is 2.61. The third-order valence-electron chi connectivity index (χ3n) is 6.91. The van der Waals surface area contributed by atoms with Gasteiger partial charge in [0.15, 0.2) is 0 Å². The Labute approximate surface area is 168 Å². The number of hydrogen-bond donors (Lipinski definition) is 2. The Bertz CT molecular complexity index is 738. The first-order valence-electron chi connectivity index (χ1n) is 10.4. The number of nitrogens with one attached hydrogen (secondary N) is 2. The molecule has 2 amide bonds. The van der Waals surface area contributed by atoms with E-state index in [0.29, 0.717) is 13.0 Å². The van der Waals surface area contributed by atoms with Crippen molar-refractivity contribution < 1.29 is 22.8 Å². The minimum atomic E-state index is -4.42. The number of rotatable bonds is 6. The van der Waals surface area contributed by atoms with Gasteiger partial charge in [0.05, 0.1) is 5.56 Å². The summed E-state index contributed by atoms with van der Waals surface area (Å²) in [6.45, 7) is 0.560. The Kier molecular flexibility index (Phi) is 5.34. The maximum Gasteiger partial charge on any atom is 0.416 e. The molecular weight excluding hydrogens is 381 g/mol. The maximum absolute atomic E-state index is 12.6. The number of carbonyl (C=O) groups excluding carboxylic acids is 2. The lowest BCUT2D eigenvalue weighted by molar-refractivity contribution is -0.137. The summed E-state index contributed by atoms with van der Waals surface area (Å²) < 4.78 is 37.7. The van der Waals surface area contributed by atoms with E-state index in [1.54, 1.807) is 0 Å². The van der Waals surface area contributed by atoms with Crippen LogP contribution in [0.5, 0.6) is 0 Å². The van der Waals surface area contributed by atoms with Gasteiger partial charge in [-0.05, 0) is 86.0 Å². The Morgan fingerprint density at radius 1 is 0.897 bits per heavy atom. The van der Waals surface area contributed by atoms with Crippen LogP contribution in [0.3, 0.4) is 0 Å². The fraction of sp³-hybridized carbons (Fsp3) is 0.636. The summed E-state index contributed by atoms with van der Waals surface area (Å²) in [7, 11) is 0. The minimum Gasteiger partial charge on any atom is -0.354 e. The molecule has 2 N–H and O–H groups in total. The number of hydrogen-bond acceptors (Lipinski definition) is 2. The zero-order valence-corrected chi connectivity index (χ0v) is 16.4. The molecule has 0 radical (unpaired) electrons. The maximum atomic E-state index is 12.6. The standard InChI is InChI=1S/C22H27F3N2O2/c23-22(24,25)18-3-1-17(2-4-18)20(29)27-6-5-26-19(28)13-21-10-14-7-15(11-21)9-16(8-14)12-21/h1-4,14-16H,5-13H2,(H,26,28)(H,27,29). The minimum absolute atomic E-state index is 0.0377. The fourth-order valence-electron chi connectivity index (χ4n) is 6.20. The van der Waals surface area contributed by atoms with Gasteiger partial charge >= 0.3 is 6.18 Å². The van der Waals surface area contributed by atoms with Gasteiger partial charge in [-0.15, -0.1) is 0 Å². The molecule has 0 saturated heterocycles. The molecule has 7 heteroatoms. The van der Waals surface area contributed by atoms with Crippen molar-refractivity contribution >= 4 is 11.8 Å². The molecule has 158 valence electrons. The SMILES string of the molecule is O=C(CC12CC3CC(CC(C3)C1)C2)NCCNC(=O)c1ccc(C(F)(F)F)cc1. The van der Waals surface area contributed by atoms with Crippen LogP contribution in [0.25, 0.3) is 0 Å². The Balaban J connectivity index is 1.20. The lowest BCUT2D eigenvalue weighted by atomic mass is 9.49. The molecule has 1 aromatic rings. The Morgan fingerprint density at radius 2 is 1.41 bits per heavy atom. The largest absolute Gasteiger partial charge is 0.416 e. The van der Waals surface area contributed by atoms with Gasteiger partial charge in [-0.1, -0.05) is 0 Å². The number of halogens is 3. The lowest BCUT2D eigenvalue weighted by Gasteiger charge is -2.56. The number of amides is 2. The van der Waals surface area contributed by atoms with Gasteiger partial charge in [0.25, 0.3) is 5.91 Å². The zero-order valence-electron chi connectivity index (χ0n) is 16.4. The molecule has 0 unspecified atom stereocenters. The third kappa shape index (κ3) is 4.59. The van der Waals surface area contributed by atoms with Crippen LogP contribution < -0.4 is 10.6 Å². The van der Waals surface area contributed by atoms with Gasteiger partial charge in [0.1, 0.15) is 0 Å². The predicted molar refractivity (Wildman–Crippen MR) is 102 cm³/mol. The monoisotopic (exact) mass is 408 g/mol. The molecule has 5 rings (SSSR count). The fourth-order valence-corrected chi connectivity index (χ4v) is 6.20. The topological polar surface area (TPSA) is 58.2 Å². The van der Waals surface area contributed by atoms with Crippen molar-refractivity contribution in [1.82, 2.24) is 10.6 Å². The van der Waals surface area contributed by atoms with Gasteiger partial charge in [-0.2, -0.15) is 13.2 Å². The molecular formula is C22H27F3N2O2. The molecule has 4 fully saturated rings. The molecule has 1 aromatic carbocycles. The molecule has 4 bridgehead atoms. The van der Waals surface area contributed by atoms with Crippen molar-refractivity contribution in [1.29, 1.82) is 0 Å². The second-order valence-corrected chi connectivity index (χ2v) is 9.28. The summed E-state index contributed by atoms with van der Waals surface area (Å²) in [5.74, 6) is 2.00. The number of alkyl halides is 3.